The Morgan fingerprint density at radius 1 is 0.967 bits per heavy atom. The van der Waals surface area contributed by atoms with Crippen LogP contribution in [0.2, 0.25) is 5.02 Å². The van der Waals surface area contributed by atoms with Crippen molar-refractivity contribution in [3.8, 4) is 11.5 Å². The minimum Gasteiger partial charge on any atom is -0.493 e. The molecule has 2 aromatic rings. The molecule has 0 amide bonds. The van der Waals surface area contributed by atoms with Crippen LogP contribution in [0.5, 0.6) is 11.5 Å². The number of halogens is 3. The van der Waals surface area contributed by atoms with Crippen molar-refractivity contribution in [2.45, 2.75) is 33.1 Å². The van der Waals surface area contributed by atoms with Gasteiger partial charge in [0.25, 0.3) is 0 Å². The van der Waals surface area contributed by atoms with Crippen LogP contribution in [0.3, 0.4) is 0 Å². The van der Waals surface area contributed by atoms with E-state index < -0.39 is 0 Å². The minimum absolute atomic E-state index is 0.195. The van der Waals surface area contributed by atoms with Crippen LogP contribution in [0.1, 0.15) is 37.0 Å². The average Bonchev–Trinajstić information content (AvgIpc) is 2.74. The smallest absolute Gasteiger partial charge is 0.125 e. The topological polar surface area (TPSA) is 40.0 Å². The summed E-state index contributed by atoms with van der Waals surface area (Å²) in [6.45, 7) is 5.52. The Hall–Kier alpha value is -1.88. The van der Waals surface area contributed by atoms with E-state index in [0.717, 1.165) is 47.5 Å². The molecule has 30 heavy (non-hydrogen) atoms. The van der Waals surface area contributed by atoms with E-state index >= 15 is 0 Å². The highest BCUT2D eigenvalue weighted by Crippen LogP contribution is 2.31. The fourth-order valence-electron chi connectivity index (χ4n) is 2.71. The van der Waals surface area contributed by atoms with Gasteiger partial charge in [-0.1, -0.05) is 65.9 Å². The molecule has 0 aromatic heterocycles. The predicted molar refractivity (Wildman–Crippen MR) is 126 cm³/mol. The molecule has 7 heteroatoms. The Kier molecular flexibility index (Phi) is 10.9. The molecule has 162 valence electrons. The second-order valence-corrected chi connectivity index (χ2v) is 7.85. The molecule has 4 nitrogen and oxygen atoms in total. The maximum atomic E-state index is 6.07. The van der Waals surface area contributed by atoms with E-state index in [-0.39, 0.29) is 4.49 Å². The summed E-state index contributed by atoms with van der Waals surface area (Å²) in [5, 5.41) is 4.67. The maximum absolute atomic E-state index is 6.07. The highest BCUT2D eigenvalue weighted by molar-refractivity contribution is 6.55. The fraction of sp³-hybridized carbons (Fsp3) is 0.348. The zero-order valence-electron chi connectivity index (χ0n) is 17.2. The van der Waals surface area contributed by atoms with Crippen molar-refractivity contribution in [3.05, 3.63) is 68.7 Å². The van der Waals surface area contributed by atoms with Crippen molar-refractivity contribution >= 4 is 41.0 Å². The van der Waals surface area contributed by atoms with Gasteiger partial charge in [-0.3, -0.25) is 0 Å². The van der Waals surface area contributed by atoms with E-state index in [1.807, 2.05) is 36.4 Å². The maximum Gasteiger partial charge on any atom is 0.125 e. The van der Waals surface area contributed by atoms with Crippen LogP contribution in [0.15, 0.2) is 52.1 Å². The first-order chi connectivity index (χ1) is 14.5. The summed E-state index contributed by atoms with van der Waals surface area (Å²) in [7, 11) is 0. The van der Waals surface area contributed by atoms with Gasteiger partial charge in [0.1, 0.15) is 29.2 Å². The SMILES string of the molecule is CCc1cc(OCC=C(Cl)Cl)cc(CC)c1OCCCO/N=C/c1ccc(Cl)cc1. The van der Waals surface area contributed by atoms with E-state index in [0.29, 0.717) is 24.8 Å². The molecule has 0 saturated carbocycles. The molecule has 0 aliphatic rings. The summed E-state index contributed by atoms with van der Waals surface area (Å²) in [5.74, 6) is 1.70. The molecule has 0 saturated heterocycles. The van der Waals surface area contributed by atoms with Crippen LogP contribution in [-0.4, -0.2) is 26.0 Å². The molecule has 0 N–H and O–H groups in total. The van der Waals surface area contributed by atoms with Gasteiger partial charge in [-0.25, -0.2) is 0 Å². The molecule has 2 aromatic carbocycles. The van der Waals surface area contributed by atoms with Crippen molar-refractivity contribution in [2.24, 2.45) is 5.16 Å². The zero-order chi connectivity index (χ0) is 21.8. The molecule has 0 radical (unpaired) electrons. The summed E-state index contributed by atoms with van der Waals surface area (Å²) in [5.41, 5.74) is 3.14. The van der Waals surface area contributed by atoms with E-state index in [2.05, 4.69) is 19.0 Å². The lowest BCUT2D eigenvalue weighted by atomic mass is 10.0. The van der Waals surface area contributed by atoms with Gasteiger partial charge < -0.3 is 14.3 Å². The van der Waals surface area contributed by atoms with Crippen molar-refractivity contribution in [1.29, 1.82) is 0 Å². The molecule has 0 aliphatic heterocycles. The summed E-state index contributed by atoms with van der Waals surface area (Å²) < 4.78 is 12.0. The van der Waals surface area contributed by atoms with Crippen LogP contribution in [0.25, 0.3) is 0 Å². The zero-order valence-corrected chi connectivity index (χ0v) is 19.4. The number of ether oxygens (including phenoxy) is 2. The Bertz CT molecular complexity index is 822. The van der Waals surface area contributed by atoms with Gasteiger partial charge >= 0.3 is 0 Å². The average molecular weight is 471 g/mol. The highest BCUT2D eigenvalue weighted by atomic mass is 35.5. The Morgan fingerprint density at radius 3 is 2.23 bits per heavy atom. The predicted octanol–water partition coefficient (Wildman–Crippen LogP) is 6.98. The Balaban J connectivity index is 1.84. The largest absolute Gasteiger partial charge is 0.493 e. The molecule has 0 spiro atoms. The third-order valence-electron chi connectivity index (χ3n) is 4.24. The number of nitrogens with zero attached hydrogens (tertiary/aromatic N) is 1. The number of benzene rings is 2. The van der Waals surface area contributed by atoms with Crippen molar-refractivity contribution in [3.63, 3.8) is 0 Å². The number of rotatable bonds is 12. The van der Waals surface area contributed by atoms with Gasteiger partial charge in [0.05, 0.1) is 12.8 Å². The Labute approximate surface area is 193 Å². The molecular formula is C23H26Cl3NO3. The summed E-state index contributed by atoms with van der Waals surface area (Å²) >= 11 is 17.1. The summed E-state index contributed by atoms with van der Waals surface area (Å²) in [6, 6.07) is 11.4. The van der Waals surface area contributed by atoms with Crippen molar-refractivity contribution in [1.82, 2.24) is 0 Å². The van der Waals surface area contributed by atoms with Gasteiger partial charge in [0.15, 0.2) is 0 Å². The quantitative estimate of drug-likeness (QED) is 0.191. The third kappa shape index (κ3) is 8.47. The number of oxime groups is 1. The van der Waals surface area contributed by atoms with Crippen molar-refractivity contribution < 1.29 is 14.3 Å². The molecule has 0 aliphatic carbocycles. The molecule has 2 rings (SSSR count). The molecule has 0 fully saturated rings. The van der Waals surface area contributed by atoms with Gasteiger partial charge in [-0.2, -0.15) is 0 Å². The standard InChI is InChI=1S/C23H26Cl3NO3/c1-3-18-14-21(28-13-10-22(25)26)15-19(4-2)23(18)29-11-5-12-30-27-16-17-6-8-20(24)9-7-17/h6-10,14-16H,3-5,11-13H2,1-2H3/b27-16+. The molecule has 0 bridgehead atoms. The van der Waals surface area contributed by atoms with E-state index in [4.69, 9.17) is 49.1 Å². The number of hydrogen-bond acceptors (Lipinski definition) is 4. The van der Waals surface area contributed by atoms with Crippen LogP contribution < -0.4 is 9.47 Å². The number of hydrogen-bond donors (Lipinski definition) is 0. The van der Waals surface area contributed by atoms with E-state index in [1.165, 1.54) is 0 Å². The first-order valence-electron chi connectivity index (χ1n) is 9.86. The lowest BCUT2D eigenvalue weighted by Gasteiger charge is -2.17. The second kappa shape index (κ2) is 13.4. The van der Waals surface area contributed by atoms with Gasteiger partial charge in [0, 0.05) is 11.4 Å². The first-order valence-corrected chi connectivity index (χ1v) is 11.0. The van der Waals surface area contributed by atoms with Crippen LogP contribution >= 0.6 is 34.8 Å². The van der Waals surface area contributed by atoms with Crippen LogP contribution in [-0.2, 0) is 17.7 Å². The van der Waals surface area contributed by atoms with Crippen LogP contribution in [0, 0.1) is 0 Å². The van der Waals surface area contributed by atoms with Crippen molar-refractivity contribution in [2.75, 3.05) is 19.8 Å². The minimum atomic E-state index is 0.195. The third-order valence-corrected chi connectivity index (χ3v) is 4.80. The fourth-order valence-corrected chi connectivity index (χ4v) is 2.97. The van der Waals surface area contributed by atoms with E-state index in [1.54, 1.807) is 12.3 Å². The second-order valence-electron chi connectivity index (χ2n) is 6.40. The van der Waals surface area contributed by atoms with Crippen LogP contribution in [0.4, 0.5) is 0 Å². The van der Waals surface area contributed by atoms with Gasteiger partial charge in [-0.15, -0.1) is 0 Å². The molecule has 0 unspecified atom stereocenters. The normalized spacial score (nSPS) is 10.8. The monoisotopic (exact) mass is 469 g/mol. The van der Waals surface area contributed by atoms with Gasteiger partial charge in [0.2, 0.25) is 0 Å². The lowest BCUT2D eigenvalue weighted by molar-refractivity contribution is 0.128. The molecule has 0 heterocycles. The first kappa shape index (κ1) is 24.4. The highest BCUT2D eigenvalue weighted by Gasteiger charge is 2.11. The van der Waals surface area contributed by atoms with Gasteiger partial charge in [-0.05, 0) is 59.9 Å². The summed E-state index contributed by atoms with van der Waals surface area (Å²) in [6.07, 6.45) is 5.68. The summed E-state index contributed by atoms with van der Waals surface area (Å²) in [4.78, 5) is 5.31. The Morgan fingerprint density at radius 2 is 1.63 bits per heavy atom. The lowest BCUT2D eigenvalue weighted by Crippen LogP contribution is -2.06. The molecule has 0 atom stereocenters. The van der Waals surface area contributed by atoms with E-state index in [9.17, 15) is 0 Å². The molecular weight excluding hydrogens is 445 g/mol. The number of aryl methyl sites for hydroxylation is 2.